The third-order valence-corrected chi connectivity index (χ3v) is 4.37. The van der Waals surface area contributed by atoms with E-state index in [4.69, 9.17) is 5.73 Å². The summed E-state index contributed by atoms with van der Waals surface area (Å²) in [5.41, 5.74) is 8.04. The summed E-state index contributed by atoms with van der Waals surface area (Å²) < 4.78 is 0. The zero-order chi connectivity index (χ0) is 15.5. The first-order valence-electron chi connectivity index (χ1n) is 8.05. The van der Waals surface area contributed by atoms with Crippen molar-refractivity contribution < 1.29 is 4.79 Å². The molecular formula is C18H28N2O. The lowest BCUT2D eigenvalue weighted by atomic mass is 9.83. The van der Waals surface area contributed by atoms with Gasteiger partial charge in [-0.05, 0) is 29.9 Å². The predicted molar refractivity (Wildman–Crippen MR) is 87.5 cm³/mol. The largest absolute Gasteiger partial charge is 0.348 e. The van der Waals surface area contributed by atoms with Crippen LogP contribution in [0.3, 0.4) is 0 Å². The van der Waals surface area contributed by atoms with Crippen LogP contribution in [-0.2, 0) is 5.41 Å². The average Bonchev–Trinajstić information content (AvgIpc) is 2.63. The van der Waals surface area contributed by atoms with Gasteiger partial charge in [-0.25, -0.2) is 0 Å². The van der Waals surface area contributed by atoms with Crippen LogP contribution in [-0.4, -0.2) is 18.0 Å². The van der Waals surface area contributed by atoms with Gasteiger partial charge in [-0.1, -0.05) is 58.2 Å². The molecule has 0 saturated heterocycles. The summed E-state index contributed by atoms with van der Waals surface area (Å²) in [7, 11) is 0. The molecule has 3 N–H and O–H groups in total. The Morgan fingerprint density at radius 2 is 1.81 bits per heavy atom. The van der Waals surface area contributed by atoms with Crippen molar-refractivity contribution in [3.8, 4) is 0 Å². The summed E-state index contributed by atoms with van der Waals surface area (Å²) in [5.74, 6) is 0.0166. The Morgan fingerprint density at radius 3 is 2.52 bits per heavy atom. The van der Waals surface area contributed by atoms with Crippen LogP contribution in [0.1, 0.15) is 68.8 Å². The molecule has 2 rings (SSSR count). The van der Waals surface area contributed by atoms with E-state index in [1.165, 1.54) is 12.8 Å². The van der Waals surface area contributed by atoms with Crippen LogP contribution in [0.15, 0.2) is 24.3 Å². The second-order valence-corrected chi connectivity index (χ2v) is 7.18. The number of hydrogen-bond donors (Lipinski definition) is 2. The third-order valence-electron chi connectivity index (χ3n) is 4.37. The van der Waals surface area contributed by atoms with Gasteiger partial charge < -0.3 is 11.1 Å². The molecule has 0 bridgehead atoms. The number of rotatable bonds is 2. The fourth-order valence-electron chi connectivity index (χ4n) is 3.10. The molecule has 2 atom stereocenters. The summed E-state index contributed by atoms with van der Waals surface area (Å²) in [6.07, 6.45) is 5.54. The highest BCUT2D eigenvalue weighted by Gasteiger charge is 2.25. The molecule has 3 heteroatoms. The number of carbonyl (C=O) groups excluding carboxylic acids is 1. The van der Waals surface area contributed by atoms with Gasteiger partial charge in [0.15, 0.2) is 0 Å². The van der Waals surface area contributed by atoms with E-state index in [1.807, 2.05) is 24.3 Å². The minimum atomic E-state index is -0.0422. The SMILES string of the molecule is CC(C)(C)c1ccccc1C(=O)NC1CCCCCC1N. The predicted octanol–water partition coefficient (Wildman–Crippen LogP) is 3.37. The summed E-state index contributed by atoms with van der Waals surface area (Å²) in [6.45, 7) is 6.41. The van der Waals surface area contributed by atoms with Gasteiger partial charge in [-0.2, -0.15) is 0 Å². The molecule has 1 aromatic carbocycles. The number of benzene rings is 1. The van der Waals surface area contributed by atoms with Crippen molar-refractivity contribution >= 4 is 5.91 Å². The topological polar surface area (TPSA) is 55.1 Å². The van der Waals surface area contributed by atoms with Crippen molar-refractivity contribution in [2.75, 3.05) is 0 Å². The van der Waals surface area contributed by atoms with Gasteiger partial charge in [0.25, 0.3) is 5.91 Å². The molecule has 1 amide bonds. The minimum absolute atomic E-state index is 0.0166. The first kappa shape index (κ1) is 16.0. The second kappa shape index (κ2) is 6.61. The van der Waals surface area contributed by atoms with E-state index in [0.717, 1.165) is 30.4 Å². The molecule has 21 heavy (non-hydrogen) atoms. The molecule has 0 spiro atoms. The van der Waals surface area contributed by atoms with Crippen LogP contribution in [0.4, 0.5) is 0 Å². The fraction of sp³-hybridized carbons (Fsp3) is 0.611. The van der Waals surface area contributed by atoms with E-state index in [1.54, 1.807) is 0 Å². The number of hydrogen-bond acceptors (Lipinski definition) is 2. The molecule has 0 radical (unpaired) electrons. The zero-order valence-corrected chi connectivity index (χ0v) is 13.5. The Kier molecular flexibility index (Phi) is 5.04. The zero-order valence-electron chi connectivity index (χ0n) is 13.5. The van der Waals surface area contributed by atoms with Crippen molar-refractivity contribution in [3.05, 3.63) is 35.4 Å². The number of amides is 1. The van der Waals surface area contributed by atoms with Crippen molar-refractivity contribution in [1.82, 2.24) is 5.32 Å². The van der Waals surface area contributed by atoms with E-state index in [2.05, 4.69) is 26.1 Å². The van der Waals surface area contributed by atoms with Gasteiger partial charge >= 0.3 is 0 Å². The molecule has 1 aliphatic rings. The Bertz CT molecular complexity index is 490. The van der Waals surface area contributed by atoms with Crippen molar-refractivity contribution in [2.24, 2.45) is 5.73 Å². The van der Waals surface area contributed by atoms with Crippen molar-refractivity contribution in [1.29, 1.82) is 0 Å². The van der Waals surface area contributed by atoms with Gasteiger partial charge in [-0.3, -0.25) is 4.79 Å². The van der Waals surface area contributed by atoms with Gasteiger partial charge in [0.1, 0.15) is 0 Å². The summed E-state index contributed by atoms with van der Waals surface area (Å²) in [4.78, 5) is 12.7. The molecule has 2 unspecified atom stereocenters. The van der Waals surface area contributed by atoms with Crippen LogP contribution < -0.4 is 11.1 Å². The second-order valence-electron chi connectivity index (χ2n) is 7.18. The van der Waals surface area contributed by atoms with Gasteiger partial charge in [0.05, 0.1) is 0 Å². The average molecular weight is 288 g/mol. The standard InChI is InChI=1S/C18H28N2O/c1-18(2,3)14-10-8-7-9-13(14)17(21)20-16-12-6-4-5-11-15(16)19/h7-10,15-16H,4-6,11-12,19H2,1-3H3,(H,20,21). The molecule has 0 aromatic heterocycles. The highest BCUT2D eigenvalue weighted by Crippen LogP contribution is 2.26. The van der Waals surface area contributed by atoms with E-state index in [9.17, 15) is 4.79 Å². The molecule has 1 aliphatic carbocycles. The van der Waals surface area contributed by atoms with E-state index in [-0.39, 0.29) is 23.4 Å². The first-order valence-corrected chi connectivity index (χ1v) is 8.05. The van der Waals surface area contributed by atoms with Crippen LogP contribution in [0.25, 0.3) is 0 Å². The highest BCUT2D eigenvalue weighted by atomic mass is 16.1. The van der Waals surface area contributed by atoms with Gasteiger partial charge in [0, 0.05) is 17.6 Å². The number of nitrogens with one attached hydrogen (secondary N) is 1. The molecular weight excluding hydrogens is 260 g/mol. The fourth-order valence-corrected chi connectivity index (χ4v) is 3.10. The maximum Gasteiger partial charge on any atom is 0.251 e. The number of nitrogens with two attached hydrogens (primary N) is 1. The summed E-state index contributed by atoms with van der Waals surface area (Å²) >= 11 is 0. The smallest absolute Gasteiger partial charge is 0.251 e. The van der Waals surface area contributed by atoms with Crippen LogP contribution in [0.2, 0.25) is 0 Å². The van der Waals surface area contributed by atoms with E-state index in [0.29, 0.717) is 0 Å². The monoisotopic (exact) mass is 288 g/mol. The Hall–Kier alpha value is -1.35. The van der Waals surface area contributed by atoms with Crippen molar-refractivity contribution in [3.63, 3.8) is 0 Å². The van der Waals surface area contributed by atoms with Crippen molar-refractivity contribution in [2.45, 2.75) is 70.4 Å². The maximum atomic E-state index is 12.7. The highest BCUT2D eigenvalue weighted by molar-refractivity contribution is 5.96. The van der Waals surface area contributed by atoms with Gasteiger partial charge in [-0.15, -0.1) is 0 Å². The molecule has 0 heterocycles. The summed E-state index contributed by atoms with van der Waals surface area (Å²) in [5, 5.41) is 3.17. The molecule has 0 aliphatic heterocycles. The maximum absolute atomic E-state index is 12.7. The molecule has 1 fully saturated rings. The quantitative estimate of drug-likeness (QED) is 0.820. The molecule has 3 nitrogen and oxygen atoms in total. The lowest BCUT2D eigenvalue weighted by Crippen LogP contribution is -2.47. The Morgan fingerprint density at radius 1 is 1.14 bits per heavy atom. The van der Waals surface area contributed by atoms with E-state index < -0.39 is 0 Å². The third kappa shape index (κ3) is 4.07. The summed E-state index contributed by atoms with van der Waals surface area (Å²) in [6, 6.07) is 8.07. The Labute approximate surface area is 128 Å². The molecule has 1 saturated carbocycles. The molecule has 116 valence electrons. The van der Waals surface area contributed by atoms with Crippen LogP contribution in [0, 0.1) is 0 Å². The number of carbonyl (C=O) groups is 1. The van der Waals surface area contributed by atoms with Gasteiger partial charge in [0.2, 0.25) is 0 Å². The lowest BCUT2D eigenvalue weighted by molar-refractivity contribution is 0.0926. The first-order chi connectivity index (χ1) is 9.89. The lowest BCUT2D eigenvalue weighted by Gasteiger charge is -2.26. The Balaban J connectivity index is 2.17. The molecule has 1 aromatic rings. The van der Waals surface area contributed by atoms with Crippen LogP contribution in [0.5, 0.6) is 0 Å². The van der Waals surface area contributed by atoms with Crippen LogP contribution >= 0.6 is 0 Å². The van der Waals surface area contributed by atoms with E-state index >= 15 is 0 Å². The normalized spacial score (nSPS) is 23.4. The minimum Gasteiger partial charge on any atom is -0.348 e.